The molecule has 0 aromatic heterocycles. The molecule has 0 spiro atoms. The summed E-state index contributed by atoms with van der Waals surface area (Å²) in [5, 5.41) is 2.55. The van der Waals surface area contributed by atoms with E-state index in [9.17, 15) is 9.59 Å². The third kappa shape index (κ3) is 2.13. The Hall–Kier alpha value is -1.06. The first kappa shape index (κ1) is 13.4. The lowest BCUT2D eigenvalue weighted by Crippen LogP contribution is -2.14. The van der Waals surface area contributed by atoms with Crippen molar-refractivity contribution in [2.45, 2.75) is 31.6 Å². The van der Waals surface area contributed by atoms with Crippen LogP contribution in [-0.2, 0) is 4.79 Å². The highest BCUT2D eigenvalue weighted by Gasteiger charge is 2.33. The molecule has 2 rings (SSSR count). The lowest BCUT2D eigenvalue weighted by atomic mass is 9.95. The molecule has 1 aliphatic heterocycles. The first-order chi connectivity index (χ1) is 8.45. The molecule has 0 saturated carbocycles. The summed E-state index contributed by atoms with van der Waals surface area (Å²) in [4.78, 5) is 23.8. The second-order valence-corrected chi connectivity index (χ2v) is 5.44. The topological polar surface area (TPSA) is 46.2 Å². The molecule has 96 valence electrons. The van der Waals surface area contributed by atoms with E-state index >= 15 is 0 Å². The van der Waals surface area contributed by atoms with E-state index < -0.39 is 5.38 Å². The standard InChI is InChI=1S/C13H13Cl2NO2/c1-3-8-9-4-7(15)5-10(12(17)6(2)14)11(9)16-13(8)18/h4-6,8H,3H2,1-2H3,(H,16,18). The molecule has 0 saturated heterocycles. The third-order valence-corrected chi connectivity index (χ3v) is 3.53. The van der Waals surface area contributed by atoms with Gasteiger partial charge in [0.05, 0.1) is 17.0 Å². The monoisotopic (exact) mass is 285 g/mol. The second-order valence-electron chi connectivity index (χ2n) is 4.35. The minimum atomic E-state index is -0.648. The van der Waals surface area contributed by atoms with E-state index in [0.717, 1.165) is 5.56 Å². The average Bonchev–Trinajstić information content (AvgIpc) is 2.62. The number of amides is 1. The molecule has 18 heavy (non-hydrogen) atoms. The average molecular weight is 286 g/mol. The molecule has 0 bridgehead atoms. The van der Waals surface area contributed by atoms with Gasteiger partial charge in [-0.2, -0.15) is 0 Å². The number of carbonyl (C=O) groups excluding carboxylic acids is 2. The van der Waals surface area contributed by atoms with Crippen LogP contribution in [0.1, 0.15) is 42.1 Å². The number of fused-ring (bicyclic) bond motifs is 1. The van der Waals surface area contributed by atoms with Gasteiger partial charge >= 0.3 is 0 Å². The highest BCUT2D eigenvalue weighted by Crippen LogP contribution is 2.39. The molecular weight excluding hydrogens is 273 g/mol. The summed E-state index contributed by atoms with van der Waals surface area (Å²) in [5.74, 6) is -0.561. The highest BCUT2D eigenvalue weighted by molar-refractivity contribution is 6.36. The van der Waals surface area contributed by atoms with Gasteiger partial charge in [-0.25, -0.2) is 0 Å². The van der Waals surface area contributed by atoms with Crippen molar-refractivity contribution in [2.24, 2.45) is 0 Å². The summed E-state index contributed by atoms with van der Waals surface area (Å²) in [5.41, 5.74) is 1.74. The molecular formula is C13H13Cl2NO2. The van der Waals surface area contributed by atoms with Gasteiger partial charge in [-0.15, -0.1) is 11.6 Å². The van der Waals surface area contributed by atoms with E-state index in [1.54, 1.807) is 19.1 Å². The Morgan fingerprint density at radius 3 is 2.72 bits per heavy atom. The maximum Gasteiger partial charge on any atom is 0.232 e. The van der Waals surface area contributed by atoms with Crippen molar-refractivity contribution >= 4 is 40.6 Å². The molecule has 2 atom stereocenters. The Morgan fingerprint density at radius 1 is 1.50 bits per heavy atom. The lowest BCUT2D eigenvalue weighted by Gasteiger charge is -2.10. The van der Waals surface area contributed by atoms with Crippen LogP contribution in [0.3, 0.4) is 0 Å². The van der Waals surface area contributed by atoms with E-state index in [1.165, 1.54) is 0 Å². The van der Waals surface area contributed by atoms with Crippen LogP contribution in [-0.4, -0.2) is 17.1 Å². The zero-order valence-corrected chi connectivity index (χ0v) is 11.6. The Kier molecular flexibility index (Phi) is 3.64. The zero-order chi connectivity index (χ0) is 13.4. The van der Waals surface area contributed by atoms with Gasteiger partial charge in [-0.3, -0.25) is 9.59 Å². The van der Waals surface area contributed by atoms with Crippen molar-refractivity contribution < 1.29 is 9.59 Å². The number of carbonyl (C=O) groups is 2. The first-order valence-corrected chi connectivity index (χ1v) is 6.59. The number of Topliss-reactive ketones (excluding diaryl/α,β-unsaturated/α-hetero) is 1. The van der Waals surface area contributed by atoms with Gasteiger partial charge in [0.15, 0.2) is 5.78 Å². The van der Waals surface area contributed by atoms with Crippen LogP contribution < -0.4 is 5.32 Å². The molecule has 0 aliphatic carbocycles. The predicted molar refractivity (Wildman–Crippen MR) is 72.8 cm³/mol. The van der Waals surface area contributed by atoms with Crippen molar-refractivity contribution in [3.63, 3.8) is 0 Å². The molecule has 0 radical (unpaired) electrons. The number of anilines is 1. The van der Waals surface area contributed by atoms with Gasteiger partial charge in [0.2, 0.25) is 5.91 Å². The Morgan fingerprint density at radius 2 is 2.17 bits per heavy atom. The number of ketones is 1. The van der Waals surface area contributed by atoms with Crippen LogP contribution >= 0.6 is 23.2 Å². The minimum absolute atomic E-state index is 0.0916. The minimum Gasteiger partial charge on any atom is -0.325 e. The molecule has 1 aromatic carbocycles. The quantitative estimate of drug-likeness (QED) is 0.681. The van der Waals surface area contributed by atoms with Crippen molar-refractivity contribution in [3.8, 4) is 0 Å². The Bertz CT molecular complexity index is 526. The number of rotatable bonds is 3. The summed E-state index contributed by atoms with van der Waals surface area (Å²) in [6.45, 7) is 3.52. The fourth-order valence-electron chi connectivity index (χ4n) is 2.21. The van der Waals surface area contributed by atoms with Crippen LogP contribution in [0.2, 0.25) is 5.02 Å². The number of alkyl halides is 1. The zero-order valence-electron chi connectivity index (χ0n) is 10.1. The molecule has 1 amide bonds. The Balaban J connectivity index is 2.59. The molecule has 3 nitrogen and oxygen atoms in total. The van der Waals surface area contributed by atoms with E-state index in [0.29, 0.717) is 22.7 Å². The van der Waals surface area contributed by atoms with E-state index in [2.05, 4.69) is 5.32 Å². The SMILES string of the molecule is CCC1C(=O)Nc2c(C(=O)C(C)Cl)cc(Cl)cc21. The highest BCUT2D eigenvalue weighted by atomic mass is 35.5. The number of hydrogen-bond acceptors (Lipinski definition) is 2. The van der Waals surface area contributed by atoms with Crippen LogP contribution in [0.15, 0.2) is 12.1 Å². The molecule has 2 unspecified atom stereocenters. The van der Waals surface area contributed by atoms with Gasteiger partial charge < -0.3 is 5.32 Å². The number of nitrogens with one attached hydrogen (secondary N) is 1. The first-order valence-electron chi connectivity index (χ1n) is 5.78. The van der Waals surface area contributed by atoms with E-state index in [4.69, 9.17) is 23.2 Å². The van der Waals surface area contributed by atoms with Crippen LogP contribution in [0.4, 0.5) is 5.69 Å². The fraction of sp³-hybridized carbons (Fsp3) is 0.385. The molecule has 5 heteroatoms. The van der Waals surface area contributed by atoms with Crippen LogP contribution in [0, 0.1) is 0 Å². The summed E-state index contributed by atoms with van der Waals surface area (Å²) in [7, 11) is 0. The molecule has 1 aromatic rings. The van der Waals surface area contributed by atoms with Gasteiger partial charge in [0.1, 0.15) is 0 Å². The lowest BCUT2D eigenvalue weighted by molar-refractivity contribution is -0.117. The second kappa shape index (κ2) is 4.90. The number of benzene rings is 1. The van der Waals surface area contributed by atoms with Crippen molar-refractivity contribution in [1.82, 2.24) is 0 Å². The van der Waals surface area contributed by atoms with E-state index in [1.807, 2.05) is 6.92 Å². The van der Waals surface area contributed by atoms with Gasteiger partial charge in [-0.1, -0.05) is 18.5 Å². The maximum atomic E-state index is 12.0. The maximum absolute atomic E-state index is 12.0. The summed E-state index contributed by atoms with van der Waals surface area (Å²) in [6.07, 6.45) is 0.670. The largest absolute Gasteiger partial charge is 0.325 e. The van der Waals surface area contributed by atoms with Crippen LogP contribution in [0.5, 0.6) is 0 Å². The summed E-state index contributed by atoms with van der Waals surface area (Å²) >= 11 is 11.8. The number of halogens is 2. The third-order valence-electron chi connectivity index (χ3n) is 3.11. The van der Waals surface area contributed by atoms with Crippen molar-refractivity contribution in [3.05, 3.63) is 28.3 Å². The van der Waals surface area contributed by atoms with Gasteiger partial charge in [0, 0.05) is 10.6 Å². The van der Waals surface area contributed by atoms with Crippen molar-refractivity contribution in [1.29, 1.82) is 0 Å². The summed E-state index contributed by atoms with van der Waals surface area (Å²) in [6, 6.07) is 3.29. The molecule has 1 aliphatic rings. The molecule has 0 fully saturated rings. The smallest absolute Gasteiger partial charge is 0.232 e. The van der Waals surface area contributed by atoms with Gasteiger partial charge in [0.25, 0.3) is 0 Å². The molecule has 1 N–H and O–H groups in total. The van der Waals surface area contributed by atoms with Gasteiger partial charge in [-0.05, 0) is 31.0 Å². The van der Waals surface area contributed by atoms with Crippen LogP contribution in [0.25, 0.3) is 0 Å². The number of hydrogen-bond donors (Lipinski definition) is 1. The summed E-state index contributed by atoms with van der Waals surface area (Å²) < 4.78 is 0. The predicted octanol–water partition coefficient (Wildman–Crippen LogP) is 3.60. The normalized spacial score (nSPS) is 19.3. The van der Waals surface area contributed by atoms with Crippen molar-refractivity contribution in [2.75, 3.05) is 5.32 Å². The molecule has 1 heterocycles. The fourth-order valence-corrected chi connectivity index (χ4v) is 2.55. The Labute approximate surface area is 115 Å². The van der Waals surface area contributed by atoms with E-state index in [-0.39, 0.29) is 17.6 Å².